The van der Waals surface area contributed by atoms with E-state index in [4.69, 9.17) is 14.5 Å². The van der Waals surface area contributed by atoms with Crippen LogP contribution in [0.5, 0.6) is 11.5 Å². The largest absolute Gasteiger partial charge is 0.497 e. The number of rotatable bonds is 7. The molecule has 0 radical (unpaired) electrons. The zero-order chi connectivity index (χ0) is 23.5. The number of carbonyl (C=O) groups excluding carboxylic acids is 1. The highest BCUT2D eigenvalue weighted by Gasteiger charge is 2.18. The maximum absolute atomic E-state index is 12.7. The lowest BCUT2D eigenvalue weighted by atomic mass is 10.2. The number of aromatic nitrogens is 4. The van der Waals surface area contributed by atoms with E-state index in [1.165, 1.54) is 11.8 Å². The molecule has 5 rings (SSSR count). The molecule has 0 atom stereocenters. The van der Waals surface area contributed by atoms with Crippen molar-refractivity contribution in [3.05, 3.63) is 72.8 Å². The van der Waals surface area contributed by atoms with Crippen molar-refractivity contribution < 1.29 is 14.3 Å². The van der Waals surface area contributed by atoms with E-state index >= 15 is 0 Å². The fourth-order valence-corrected chi connectivity index (χ4v) is 4.39. The smallest absolute Gasteiger partial charge is 0.234 e. The number of hydrogen-bond acceptors (Lipinski definition) is 7. The summed E-state index contributed by atoms with van der Waals surface area (Å²) in [4.78, 5) is 17.6. The Balaban J connectivity index is 1.46. The number of nitrogens with zero attached hydrogens (tertiary/aromatic N) is 4. The number of anilines is 1. The molecule has 0 fully saturated rings. The third kappa shape index (κ3) is 4.13. The van der Waals surface area contributed by atoms with Crippen LogP contribution in [0.3, 0.4) is 0 Å². The second kappa shape index (κ2) is 9.40. The number of ether oxygens (including phenoxy) is 2. The lowest BCUT2D eigenvalue weighted by Gasteiger charge is -2.12. The van der Waals surface area contributed by atoms with Crippen molar-refractivity contribution in [2.75, 3.05) is 25.3 Å². The maximum Gasteiger partial charge on any atom is 0.234 e. The molecule has 3 aromatic carbocycles. The summed E-state index contributed by atoms with van der Waals surface area (Å²) in [6.45, 7) is 0. The lowest BCUT2D eigenvalue weighted by Crippen LogP contribution is -2.15. The Bertz CT molecular complexity index is 1490. The first-order valence-corrected chi connectivity index (χ1v) is 11.5. The third-order valence-corrected chi connectivity index (χ3v) is 6.19. The minimum absolute atomic E-state index is 0.136. The molecule has 2 aromatic heterocycles. The van der Waals surface area contributed by atoms with Gasteiger partial charge in [-0.3, -0.25) is 9.20 Å². The average Bonchev–Trinajstić information content (AvgIpc) is 3.32. The Morgan fingerprint density at radius 3 is 2.56 bits per heavy atom. The number of fused-ring (bicyclic) bond motifs is 3. The van der Waals surface area contributed by atoms with Crippen LogP contribution < -0.4 is 14.8 Å². The van der Waals surface area contributed by atoms with Crippen molar-refractivity contribution in [1.29, 1.82) is 0 Å². The zero-order valence-corrected chi connectivity index (χ0v) is 19.4. The summed E-state index contributed by atoms with van der Waals surface area (Å²) in [6, 6.07) is 22.9. The van der Waals surface area contributed by atoms with Crippen LogP contribution in [0.15, 0.2) is 78.0 Å². The predicted molar refractivity (Wildman–Crippen MR) is 133 cm³/mol. The highest BCUT2D eigenvalue weighted by molar-refractivity contribution is 7.99. The molecule has 0 saturated heterocycles. The van der Waals surface area contributed by atoms with Gasteiger partial charge in [-0.25, -0.2) is 4.98 Å². The highest BCUT2D eigenvalue weighted by Crippen LogP contribution is 2.31. The van der Waals surface area contributed by atoms with Gasteiger partial charge >= 0.3 is 0 Å². The van der Waals surface area contributed by atoms with Crippen LogP contribution in [-0.2, 0) is 4.79 Å². The Labute approximate surface area is 199 Å². The average molecular weight is 472 g/mol. The molecule has 0 bridgehead atoms. The molecule has 0 unspecified atom stereocenters. The SMILES string of the molecule is COc1ccc(NC(=O)CSc2nnc3c4ccccc4nc(-c4ccccc4)n23)c(OC)c1. The van der Waals surface area contributed by atoms with Crippen LogP contribution in [0, 0.1) is 0 Å². The Morgan fingerprint density at radius 1 is 0.971 bits per heavy atom. The number of carbonyl (C=O) groups is 1. The monoisotopic (exact) mass is 471 g/mol. The summed E-state index contributed by atoms with van der Waals surface area (Å²) in [5, 5.41) is 13.2. The van der Waals surface area contributed by atoms with Gasteiger partial charge in [-0.2, -0.15) is 0 Å². The molecule has 0 aliphatic heterocycles. The van der Waals surface area contributed by atoms with Gasteiger partial charge in [0.05, 0.1) is 31.2 Å². The first-order chi connectivity index (χ1) is 16.7. The summed E-state index contributed by atoms with van der Waals surface area (Å²) < 4.78 is 12.5. The highest BCUT2D eigenvalue weighted by atomic mass is 32.2. The molecule has 0 aliphatic carbocycles. The molecule has 34 heavy (non-hydrogen) atoms. The van der Waals surface area contributed by atoms with Crippen LogP contribution in [-0.4, -0.2) is 45.5 Å². The number of thioether (sulfide) groups is 1. The van der Waals surface area contributed by atoms with E-state index in [-0.39, 0.29) is 11.7 Å². The van der Waals surface area contributed by atoms with Crippen molar-refractivity contribution in [2.24, 2.45) is 0 Å². The van der Waals surface area contributed by atoms with E-state index in [9.17, 15) is 4.79 Å². The Kier molecular flexibility index (Phi) is 6.01. The van der Waals surface area contributed by atoms with Gasteiger partial charge in [-0.05, 0) is 24.3 Å². The quantitative estimate of drug-likeness (QED) is 0.344. The normalized spacial score (nSPS) is 11.0. The summed E-state index contributed by atoms with van der Waals surface area (Å²) in [7, 11) is 3.12. The molecule has 2 heterocycles. The van der Waals surface area contributed by atoms with Crippen molar-refractivity contribution in [3.8, 4) is 22.9 Å². The van der Waals surface area contributed by atoms with Gasteiger partial charge in [0.25, 0.3) is 0 Å². The molecular weight excluding hydrogens is 450 g/mol. The van der Waals surface area contributed by atoms with E-state index < -0.39 is 0 Å². The summed E-state index contributed by atoms with van der Waals surface area (Å²) >= 11 is 1.29. The summed E-state index contributed by atoms with van der Waals surface area (Å²) in [5.74, 6) is 1.83. The second-order valence-corrected chi connectivity index (χ2v) is 8.31. The van der Waals surface area contributed by atoms with Crippen molar-refractivity contribution in [1.82, 2.24) is 19.6 Å². The topological polar surface area (TPSA) is 90.6 Å². The molecule has 1 amide bonds. The van der Waals surface area contributed by atoms with Gasteiger partial charge in [0.2, 0.25) is 5.91 Å². The standard InChI is InChI=1S/C25H21N5O3S/c1-32-17-12-13-20(21(14-17)33-2)26-22(31)15-34-25-29-28-24-18-10-6-7-11-19(18)27-23(30(24)25)16-8-4-3-5-9-16/h3-14H,15H2,1-2H3,(H,26,31). The van der Waals surface area contributed by atoms with Crippen LogP contribution in [0.2, 0.25) is 0 Å². The fourth-order valence-electron chi connectivity index (χ4n) is 3.65. The number of nitrogens with one attached hydrogen (secondary N) is 1. The number of benzene rings is 3. The van der Waals surface area contributed by atoms with Gasteiger partial charge < -0.3 is 14.8 Å². The van der Waals surface area contributed by atoms with Crippen LogP contribution in [0.25, 0.3) is 27.9 Å². The predicted octanol–water partition coefficient (Wildman–Crippen LogP) is 4.69. The molecule has 0 spiro atoms. The first-order valence-electron chi connectivity index (χ1n) is 10.5. The minimum atomic E-state index is -0.194. The van der Waals surface area contributed by atoms with E-state index in [1.807, 2.05) is 59.0 Å². The Hall–Kier alpha value is -4.11. The van der Waals surface area contributed by atoms with Crippen molar-refractivity contribution >= 4 is 39.9 Å². The fraction of sp³-hybridized carbons (Fsp3) is 0.120. The van der Waals surface area contributed by atoms with E-state index in [0.29, 0.717) is 28.0 Å². The molecule has 5 aromatic rings. The number of methoxy groups -OCH3 is 2. The first kappa shape index (κ1) is 21.7. The van der Waals surface area contributed by atoms with Gasteiger partial charge in [-0.15, -0.1) is 10.2 Å². The zero-order valence-electron chi connectivity index (χ0n) is 18.6. The van der Waals surface area contributed by atoms with Crippen LogP contribution in [0.1, 0.15) is 0 Å². The number of hydrogen-bond donors (Lipinski definition) is 1. The molecule has 170 valence electrons. The minimum Gasteiger partial charge on any atom is -0.497 e. The molecule has 0 aliphatic rings. The van der Waals surface area contributed by atoms with E-state index in [1.54, 1.807) is 32.4 Å². The van der Waals surface area contributed by atoms with Crippen molar-refractivity contribution in [3.63, 3.8) is 0 Å². The van der Waals surface area contributed by atoms with Gasteiger partial charge in [-0.1, -0.05) is 54.2 Å². The second-order valence-electron chi connectivity index (χ2n) is 7.36. The van der Waals surface area contributed by atoms with E-state index in [2.05, 4.69) is 15.5 Å². The van der Waals surface area contributed by atoms with Gasteiger partial charge in [0.1, 0.15) is 17.3 Å². The van der Waals surface area contributed by atoms with Gasteiger partial charge in [0, 0.05) is 17.0 Å². The van der Waals surface area contributed by atoms with Crippen molar-refractivity contribution in [2.45, 2.75) is 5.16 Å². The molecule has 1 N–H and O–H groups in total. The van der Waals surface area contributed by atoms with E-state index in [0.717, 1.165) is 22.3 Å². The van der Waals surface area contributed by atoms with Gasteiger partial charge in [0.15, 0.2) is 10.8 Å². The molecular formula is C25H21N5O3S. The molecule has 9 heteroatoms. The van der Waals surface area contributed by atoms with Crippen LogP contribution in [0.4, 0.5) is 5.69 Å². The van der Waals surface area contributed by atoms with Crippen LogP contribution >= 0.6 is 11.8 Å². The number of para-hydroxylation sites is 1. The summed E-state index contributed by atoms with van der Waals surface area (Å²) in [6.07, 6.45) is 0. The number of amides is 1. The third-order valence-electron chi connectivity index (χ3n) is 5.26. The molecule has 8 nitrogen and oxygen atoms in total. The lowest BCUT2D eigenvalue weighted by molar-refractivity contribution is -0.113. The Morgan fingerprint density at radius 2 is 1.76 bits per heavy atom. The summed E-state index contributed by atoms with van der Waals surface area (Å²) in [5.41, 5.74) is 3.04. The molecule has 0 saturated carbocycles. The maximum atomic E-state index is 12.7.